The number of likely N-dealkylation sites (tertiary alicyclic amines) is 1. The van der Waals surface area contributed by atoms with Gasteiger partial charge in [0.1, 0.15) is 0 Å². The molecule has 25 heavy (non-hydrogen) atoms. The number of nitrogens with zero attached hydrogens (tertiary/aromatic N) is 4. The Morgan fingerprint density at radius 2 is 1.88 bits per heavy atom. The molecule has 1 unspecified atom stereocenters. The molecule has 132 valence electrons. The monoisotopic (exact) mass is 338 g/mol. The van der Waals surface area contributed by atoms with Gasteiger partial charge in [0.25, 0.3) is 5.91 Å². The van der Waals surface area contributed by atoms with Crippen LogP contribution in [0.3, 0.4) is 0 Å². The molecule has 5 nitrogen and oxygen atoms in total. The molecular weight excluding hydrogens is 312 g/mol. The van der Waals surface area contributed by atoms with E-state index >= 15 is 0 Å². The van der Waals surface area contributed by atoms with E-state index in [0.29, 0.717) is 11.6 Å². The summed E-state index contributed by atoms with van der Waals surface area (Å²) in [6, 6.07) is 6.20. The first-order valence-electron chi connectivity index (χ1n) is 9.26. The van der Waals surface area contributed by atoms with Crippen LogP contribution >= 0.6 is 0 Å². The largest absolute Gasteiger partial charge is 0.330 e. The minimum absolute atomic E-state index is 0.0595. The lowest BCUT2D eigenvalue weighted by Gasteiger charge is -2.24. The molecule has 1 amide bonds. The van der Waals surface area contributed by atoms with E-state index in [9.17, 15) is 4.79 Å². The van der Waals surface area contributed by atoms with Crippen molar-refractivity contribution in [2.24, 2.45) is 0 Å². The molecule has 1 saturated carbocycles. The van der Waals surface area contributed by atoms with Crippen LogP contribution < -0.4 is 0 Å². The molecule has 0 spiro atoms. The van der Waals surface area contributed by atoms with Crippen LogP contribution in [0.1, 0.15) is 80.2 Å². The first-order valence-corrected chi connectivity index (χ1v) is 9.26. The number of rotatable bonds is 3. The van der Waals surface area contributed by atoms with Gasteiger partial charge in [0.2, 0.25) is 0 Å². The lowest BCUT2D eigenvalue weighted by atomic mass is 10.1. The van der Waals surface area contributed by atoms with Crippen molar-refractivity contribution in [3.8, 4) is 0 Å². The summed E-state index contributed by atoms with van der Waals surface area (Å²) in [5, 5.41) is 4.73. The van der Waals surface area contributed by atoms with E-state index in [1.807, 2.05) is 23.1 Å². The topological polar surface area (TPSA) is 51.0 Å². The first kappa shape index (κ1) is 16.3. The van der Waals surface area contributed by atoms with Gasteiger partial charge >= 0.3 is 0 Å². The third kappa shape index (κ3) is 3.08. The Morgan fingerprint density at radius 1 is 1.16 bits per heavy atom. The summed E-state index contributed by atoms with van der Waals surface area (Å²) in [4.78, 5) is 19.3. The van der Waals surface area contributed by atoms with E-state index in [4.69, 9.17) is 5.10 Å². The van der Waals surface area contributed by atoms with Crippen LogP contribution in [0.15, 0.2) is 30.6 Å². The van der Waals surface area contributed by atoms with Crippen LogP contribution in [-0.4, -0.2) is 32.1 Å². The summed E-state index contributed by atoms with van der Waals surface area (Å²) in [5.41, 5.74) is 2.87. The second-order valence-electron chi connectivity index (χ2n) is 8.25. The third-order valence-electron chi connectivity index (χ3n) is 5.19. The SMILES string of the molecule is CC(C)(C)n1nc(C(=O)N2CCCC2c2ccncc2)cc1C1CC1. The lowest BCUT2D eigenvalue weighted by molar-refractivity contribution is 0.0728. The predicted molar refractivity (Wildman–Crippen MR) is 96.4 cm³/mol. The van der Waals surface area contributed by atoms with Gasteiger partial charge in [-0.3, -0.25) is 14.5 Å². The molecule has 0 radical (unpaired) electrons. The molecule has 0 N–H and O–H groups in total. The highest BCUT2D eigenvalue weighted by atomic mass is 16.2. The van der Waals surface area contributed by atoms with E-state index in [1.165, 1.54) is 24.1 Å². The first-order chi connectivity index (χ1) is 11.9. The van der Waals surface area contributed by atoms with Crippen LogP contribution in [0.5, 0.6) is 0 Å². The third-order valence-corrected chi connectivity index (χ3v) is 5.19. The van der Waals surface area contributed by atoms with Crippen LogP contribution in [0.4, 0.5) is 0 Å². The minimum Gasteiger partial charge on any atom is -0.330 e. The molecule has 3 heterocycles. The maximum Gasteiger partial charge on any atom is 0.274 e. The summed E-state index contributed by atoms with van der Waals surface area (Å²) in [5.74, 6) is 0.632. The highest BCUT2D eigenvalue weighted by molar-refractivity contribution is 5.93. The van der Waals surface area contributed by atoms with Crippen molar-refractivity contribution in [1.82, 2.24) is 19.7 Å². The molecule has 5 heteroatoms. The summed E-state index contributed by atoms with van der Waals surface area (Å²) in [6.45, 7) is 7.24. The molecule has 2 aromatic heterocycles. The Labute approximate surface area is 149 Å². The van der Waals surface area contributed by atoms with Crippen molar-refractivity contribution >= 4 is 5.91 Å². The van der Waals surface area contributed by atoms with Gasteiger partial charge in [0, 0.05) is 30.6 Å². The number of amides is 1. The van der Waals surface area contributed by atoms with Crippen LogP contribution in [0, 0.1) is 0 Å². The summed E-state index contributed by atoms with van der Waals surface area (Å²) < 4.78 is 2.06. The molecule has 2 aliphatic rings. The fraction of sp³-hybridized carbons (Fsp3) is 0.550. The smallest absolute Gasteiger partial charge is 0.274 e. The Hall–Kier alpha value is -2.17. The van der Waals surface area contributed by atoms with Crippen molar-refractivity contribution < 1.29 is 4.79 Å². The second kappa shape index (κ2) is 5.97. The zero-order chi connectivity index (χ0) is 17.6. The molecule has 1 aliphatic carbocycles. The normalized spacial score (nSPS) is 20.9. The van der Waals surface area contributed by atoms with Crippen molar-refractivity contribution in [2.45, 2.75) is 64.0 Å². The van der Waals surface area contributed by atoms with E-state index in [2.05, 4.69) is 30.4 Å². The number of hydrogen-bond acceptors (Lipinski definition) is 3. The molecule has 0 bridgehead atoms. The molecular formula is C20H26N4O. The number of pyridine rings is 1. The second-order valence-corrected chi connectivity index (χ2v) is 8.25. The summed E-state index contributed by atoms with van der Waals surface area (Å²) in [6.07, 6.45) is 8.06. The van der Waals surface area contributed by atoms with E-state index in [1.54, 1.807) is 12.4 Å². The highest BCUT2D eigenvalue weighted by Crippen LogP contribution is 2.42. The number of carbonyl (C=O) groups excluding carboxylic acids is 1. The fourth-order valence-corrected chi connectivity index (χ4v) is 3.80. The molecule has 0 aromatic carbocycles. The molecule has 1 aliphatic heterocycles. The number of carbonyl (C=O) groups is 1. The maximum atomic E-state index is 13.2. The van der Waals surface area contributed by atoms with Crippen LogP contribution in [0.25, 0.3) is 0 Å². The van der Waals surface area contributed by atoms with Gasteiger partial charge < -0.3 is 4.90 Å². The Morgan fingerprint density at radius 3 is 2.52 bits per heavy atom. The molecule has 1 atom stereocenters. The van der Waals surface area contributed by atoms with Gasteiger partial charge in [-0.1, -0.05) is 0 Å². The van der Waals surface area contributed by atoms with Crippen molar-refractivity contribution in [1.29, 1.82) is 0 Å². The maximum absolute atomic E-state index is 13.2. The van der Waals surface area contributed by atoms with Gasteiger partial charge in [-0.2, -0.15) is 5.10 Å². The molecule has 4 rings (SSSR count). The quantitative estimate of drug-likeness (QED) is 0.853. The van der Waals surface area contributed by atoms with E-state index in [-0.39, 0.29) is 17.5 Å². The summed E-state index contributed by atoms with van der Waals surface area (Å²) in [7, 11) is 0. The summed E-state index contributed by atoms with van der Waals surface area (Å²) >= 11 is 0. The van der Waals surface area contributed by atoms with Crippen molar-refractivity contribution in [3.05, 3.63) is 47.5 Å². The van der Waals surface area contributed by atoms with E-state index in [0.717, 1.165) is 19.4 Å². The minimum atomic E-state index is -0.105. The molecule has 2 aromatic rings. The predicted octanol–water partition coefficient (Wildman–Crippen LogP) is 3.89. The Balaban J connectivity index is 1.64. The standard InChI is InChI=1S/C20H26N4O/c1-20(2,3)24-18(14-6-7-14)13-16(22-24)19(25)23-12-4-5-17(23)15-8-10-21-11-9-15/h8-11,13-14,17H,4-7,12H2,1-3H3. The molecule has 1 saturated heterocycles. The van der Waals surface area contributed by atoms with Crippen molar-refractivity contribution in [2.75, 3.05) is 6.54 Å². The van der Waals surface area contributed by atoms with Gasteiger partial charge in [-0.15, -0.1) is 0 Å². The van der Waals surface area contributed by atoms with Gasteiger partial charge in [0.15, 0.2) is 5.69 Å². The Kier molecular flexibility index (Phi) is 3.89. The Bertz CT molecular complexity index is 771. The van der Waals surface area contributed by atoms with Crippen LogP contribution in [0.2, 0.25) is 0 Å². The fourth-order valence-electron chi connectivity index (χ4n) is 3.80. The van der Waals surface area contributed by atoms with Crippen molar-refractivity contribution in [3.63, 3.8) is 0 Å². The zero-order valence-electron chi connectivity index (χ0n) is 15.3. The lowest BCUT2D eigenvalue weighted by Crippen LogP contribution is -2.31. The highest BCUT2D eigenvalue weighted by Gasteiger charge is 2.36. The molecule has 2 fully saturated rings. The van der Waals surface area contributed by atoms with Gasteiger partial charge in [-0.25, -0.2) is 0 Å². The van der Waals surface area contributed by atoms with Crippen LogP contribution in [-0.2, 0) is 5.54 Å². The van der Waals surface area contributed by atoms with E-state index < -0.39 is 0 Å². The number of hydrogen-bond donors (Lipinski definition) is 0. The van der Waals surface area contributed by atoms with Gasteiger partial charge in [0.05, 0.1) is 11.6 Å². The van der Waals surface area contributed by atoms with Gasteiger partial charge in [-0.05, 0) is 70.2 Å². The number of aromatic nitrogens is 3. The average Bonchev–Trinajstić information content (AvgIpc) is 3.14. The zero-order valence-corrected chi connectivity index (χ0v) is 15.3. The average molecular weight is 338 g/mol.